The molecule has 1 amide bonds. The van der Waals surface area contributed by atoms with Gasteiger partial charge in [-0.2, -0.15) is 0 Å². The van der Waals surface area contributed by atoms with E-state index in [1.165, 1.54) is 6.42 Å². The van der Waals surface area contributed by atoms with Crippen LogP contribution in [0.1, 0.15) is 64.4 Å². The Kier molecular flexibility index (Phi) is 9.61. The lowest BCUT2D eigenvalue weighted by atomic mass is 9.87. The highest BCUT2D eigenvalue weighted by Gasteiger charge is 2.30. The number of carbonyl (C=O) groups is 1. The molecule has 198 valence electrons. The van der Waals surface area contributed by atoms with Gasteiger partial charge in [-0.25, -0.2) is 0 Å². The lowest BCUT2D eigenvalue weighted by Gasteiger charge is -2.23. The first kappa shape index (κ1) is 28.0. The van der Waals surface area contributed by atoms with Crippen molar-refractivity contribution in [3.8, 4) is 0 Å². The summed E-state index contributed by atoms with van der Waals surface area (Å²) in [7, 11) is 0. The molecule has 2 aliphatic carbocycles. The maximum atomic E-state index is 13.4. The number of nitrogens with zero attached hydrogens (tertiary/aromatic N) is 1. The lowest BCUT2D eigenvalue weighted by molar-refractivity contribution is -0.118. The monoisotopic (exact) mass is 559 g/mol. The van der Waals surface area contributed by atoms with Crippen molar-refractivity contribution < 1.29 is 4.79 Å². The fourth-order valence-corrected chi connectivity index (χ4v) is 6.39. The molecule has 0 radical (unpaired) electrons. The minimum Gasteiger partial charge on any atom is -0.394 e. The molecule has 37 heavy (non-hydrogen) atoms. The van der Waals surface area contributed by atoms with Gasteiger partial charge in [-0.05, 0) is 93.2 Å². The predicted molar refractivity (Wildman–Crippen MR) is 156 cm³/mol. The summed E-state index contributed by atoms with van der Waals surface area (Å²) in [6.07, 6.45) is 7.84. The number of aliphatic imine (C=N–C) groups is 1. The lowest BCUT2D eigenvalue weighted by Crippen LogP contribution is -2.40. The molecule has 2 aromatic rings. The minimum absolute atomic E-state index is 0.0715. The van der Waals surface area contributed by atoms with E-state index >= 15 is 0 Å². The largest absolute Gasteiger partial charge is 0.394 e. The van der Waals surface area contributed by atoms with Crippen LogP contribution in [-0.2, 0) is 11.2 Å². The summed E-state index contributed by atoms with van der Waals surface area (Å²) in [5, 5.41) is 4.92. The number of rotatable bonds is 6. The smallest absolute Gasteiger partial charge is 0.267 e. The highest BCUT2D eigenvalue weighted by molar-refractivity contribution is 6.36. The van der Waals surface area contributed by atoms with Crippen molar-refractivity contribution in [2.24, 2.45) is 28.5 Å². The summed E-state index contributed by atoms with van der Waals surface area (Å²) in [6.45, 7) is 4.37. The SMILES string of the molecule is CC1CCC([C@@H](C)NC(=O)/C(N)=C2\CCCCC(Cc3cccc(Cl)c3)C2=Nc2ccc(Cl)cc2Cl)C1. The molecule has 2 aliphatic rings. The van der Waals surface area contributed by atoms with Gasteiger partial charge in [-0.3, -0.25) is 9.79 Å². The van der Waals surface area contributed by atoms with Crippen LogP contribution in [0, 0.1) is 17.8 Å². The summed E-state index contributed by atoms with van der Waals surface area (Å²) in [5.74, 6) is 1.06. The van der Waals surface area contributed by atoms with Crippen molar-refractivity contribution in [1.82, 2.24) is 5.32 Å². The zero-order valence-corrected chi connectivity index (χ0v) is 23.8. The highest BCUT2D eigenvalue weighted by atomic mass is 35.5. The Hall–Kier alpha value is -2.01. The molecule has 0 aliphatic heterocycles. The second kappa shape index (κ2) is 12.7. The average Bonchev–Trinajstić information content (AvgIpc) is 3.20. The third-order valence-electron chi connectivity index (χ3n) is 7.82. The van der Waals surface area contributed by atoms with Crippen LogP contribution >= 0.6 is 34.8 Å². The van der Waals surface area contributed by atoms with Crippen LogP contribution in [0.2, 0.25) is 15.1 Å². The Bertz CT molecular complexity index is 1190. The maximum absolute atomic E-state index is 13.4. The molecule has 3 N–H and O–H groups in total. The first-order chi connectivity index (χ1) is 17.7. The quantitative estimate of drug-likeness (QED) is 0.275. The van der Waals surface area contributed by atoms with Crippen LogP contribution in [0.3, 0.4) is 0 Å². The van der Waals surface area contributed by atoms with Gasteiger partial charge in [0, 0.05) is 33.3 Å². The number of carbonyl (C=O) groups excluding carboxylic acids is 1. The third kappa shape index (κ3) is 7.31. The molecule has 0 heterocycles. The summed E-state index contributed by atoms with van der Waals surface area (Å²) >= 11 is 19.0. The van der Waals surface area contributed by atoms with Gasteiger partial charge in [-0.15, -0.1) is 0 Å². The van der Waals surface area contributed by atoms with Gasteiger partial charge in [-0.1, -0.05) is 66.7 Å². The van der Waals surface area contributed by atoms with Crippen LogP contribution in [0.25, 0.3) is 0 Å². The summed E-state index contributed by atoms with van der Waals surface area (Å²) < 4.78 is 0. The van der Waals surface area contributed by atoms with E-state index in [-0.39, 0.29) is 23.6 Å². The first-order valence-corrected chi connectivity index (χ1v) is 14.4. The van der Waals surface area contributed by atoms with E-state index in [4.69, 9.17) is 45.5 Å². The van der Waals surface area contributed by atoms with Crippen molar-refractivity contribution in [3.05, 3.63) is 74.4 Å². The molecule has 0 bridgehead atoms. The molecule has 0 aromatic heterocycles. The van der Waals surface area contributed by atoms with Crippen molar-refractivity contribution in [1.29, 1.82) is 0 Å². The molecule has 3 unspecified atom stereocenters. The zero-order chi connectivity index (χ0) is 26.5. The first-order valence-electron chi connectivity index (χ1n) is 13.3. The van der Waals surface area contributed by atoms with Crippen LogP contribution in [0.4, 0.5) is 5.69 Å². The number of amides is 1. The van der Waals surface area contributed by atoms with Crippen LogP contribution in [-0.4, -0.2) is 17.7 Å². The fourth-order valence-electron chi connectivity index (χ4n) is 5.73. The third-order valence-corrected chi connectivity index (χ3v) is 8.59. The van der Waals surface area contributed by atoms with E-state index in [0.717, 1.165) is 55.4 Å². The van der Waals surface area contributed by atoms with E-state index in [0.29, 0.717) is 39.0 Å². The van der Waals surface area contributed by atoms with Gasteiger partial charge in [0.15, 0.2) is 0 Å². The predicted octanol–water partition coefficient (Wildman–Crippen LogP) is 8.31. The van der Waals surface area contributed by atoms with E-state index in [1.807, 2.05) is 24.3 Å². The number of benzene rings is 2. The van der Waals surface area contributed by atoms with E-state index < -0.39 is 0 Å². The molecule has 2 saturated carbocycles. The van der Waals surface area contributed by atoms with Crippen LogP contribution < -0.4 is 11.1 Å². The molecule has 4 rings (SSSR count). The number of halogens is 3. The molecule has 4 nitrogen and oxygen atoms in total. The Balaban J connectivity index is 1.70. The van der Waals surface area contributed by atoms with Crippen LogP contribution in [0.15, 0.2) is 58.7 Å². The van der Waals surface area contributed by atoms with Gasteiger partial charge in [0.25, 0.3) is 5.91 Å². The Morgan fingerprint density at radius 3 is 2.57 bits per heavy atom. The Labute approximate surface area is 235 Å². The minimum atomic E-state index is -0.208. The van der Waals surface area contributed by atoms with Gasteiger partial charge in [0.05, 0.1) is 10.7 Å². The van der Waals surface area contributed by atoms with Gasteiger partial charge >= 0.3 is 0 Å². The highest BCUT2D eigenvalue weighted by Crippen LogP contribution is 2.35. The molecular weight excluding hydrogens is 525 g/mol. The van der Waals surface area contributed by atoms with Gasteiger partial charge in [0.1, 0.15) is 5.70 Å². The molecular formula is C30H36Cl3N3O. The molecule has 7 heteroatoms. The van der Waals surface area contributed by atoms with Crippen LogP contribution in [0.5, 0.6) is 0 Å². The number of nitrogens with two attached hydrogens (primary N) is 1. The Morgan fingerprint density at radius 1 is 1.08 bits per heavy atom. The van der Waals surface area contributed by atoms with Crippen molar-refractivity contribution in [2.75, 3.05) is 0 Å². The standard InChI is InChI=1S/C30H36Cl3N3O/c1-18-10-11-21(14-18)19(2)35-30(37)28(34)25-9-4-3-7-22(15-20-6-5-8-23(31)16-20)29(25)36-27-13-12-24(32)17-26(27)33/h5-6,8,12-13,16-19,21-22H,3-4,7,9-11,14-15,34H2,1-2H3,(H,35,37)/b28-25-,36-29?/t18?,19-,21?,22?/m1/s1. The second-order valence-corrected chi connectivity index (χ2v) is 12.0. The maximum Gasteiger partial charge on any atom is 0.267 e. The van der Waals surface area contributed by atoms with E-state index in [2.05, 4.69) is 25.2 Å². The second-order valence-electron chi connectivity index (χ2n) is 10.7. The molecule has 4 atom stereocenters. The van der Waals surface area contributed by atoms with Crippen molar-refractivity contribution in [3.63, 3.8) is 0 Å². The van der Waals surface area contributed by atoms with E-state index in [9.17, 15) is 4.79 Å². The zero-order valence-electron chi connectivity index (χ0n) is 21.6. The summed E-state index contributed by atoms with van der Waals surface area (Å²) in [5.41, 5.74) is 10.3. The fraction of sp³-hybridized carbons (Fsp3) is 0.467. The molecule has 0 spiro atoms. The number of allylic oxidation sites excluding steroid dienone is 1. The molecule has 2 fully saturated rings. The number of hydrogen-bond acceptors (Lipinski definition) is 3. The average molecular weight is 561 g/mol. The molecule has 0 saturated heterocycles. The van der Waals surface area contributed by atoms with Crippen molar-refractivity contribution in [2.45, 2.75) is 71.3 Å². The Morgan fingerprint density at radius 2 is 1.86 bits per heavy atom. The number of hydrogen-bond donors (Lipinski definition) is 2. The van der Waals surface area contributed by atoms with E-state index in [1.54, 1.807) is 12.1 Å². The number of nitrogens with one attached hydrogen (secondary N) is 1. The van der Waals surface area contributed by atoms with Crippen molar-refractivity contribution >= 4 is 52.1 Å². The summed E-state index contributed by atoms with van der Waals surface area (Å²) in [4.78, 5) is 18.5. The molecule has 2 aromatic carbocycles. The van der Waals surface area contributed by atoms with Gasteiger partial charge < -0.3 is 11.1 Å². The summed E-state index contributed by atoms with van der Waals surface area (Å²) in [6, 6.07) is 13.3. The normalized spacial score (nSPS) is 25.5. The van der Waals surface area contributed by atoms with Gasteiger partial charge in [0.2, 0.25) is 0 Å². The topological polar surface area (TPSA) is 67.5 Å².